The van der Waals surface area contributed by atoms with Gasteiger partial charge in [0, 0.05) is 11.4 Å². The molecule has 1 aliphatic rings. The Morgan fingerprint density at radius 2 is 2.42 bits per heavy atom. The molecule has 0 saturated carbocycles. The average Bonchev–Trinajstić information content (AvgIpc) is 3.04. The summed E-state index contributed by atoms with van der Waals surface area (Å²) in [5.74, 6) is 0.000979. The lowest BCUT2D eigenvalue weighted by Gasteiger charge is -2.22. The van der Waals surface area contributed by atoms with E-state index < -0.39 is 12.0 Å². The van der Waals surface area contributed by atoms with Gasteiger partial charge < -0.3 is 10.0 Å². The second-order valence-corrected chi connectivity index (χ2v) is 5.79. The van der Waals surface area contributed by atoms with E-state index in [0.717, 1.165) is 35.4 Å². The van der Waals surface area contributed by atoms with Crippen molar-refractivity contribution in [1.29, 1.82) is 0 Å². The first-order valence-electron chi connectivity index (χ1n) is 6.43. The fourth-order valence-electron chi connectivity index (χ4n) is 2.57. The van der Waals surface area contributed by atoms with Crippen LogP contribution in [0.5, 0.6) is 0 Å². The van der Waals surface area contributed by atoms with Crippen LogP contribution in [0.15, 0.2) is 12.4 Å². The fourth-order valence-corrected chi connectivity index (χ4v) is 3.50. The smallest absolute Gasteiger partial charge is 0.326 e. The van der Waals surface area contributed by atoms with Crippen LogP contribution in [-0.4, -0.2) is 33.6 Å². The van der Waals surface area contributed by atoms with Crippen LogP contribution in [-0.2, 0) is 11.2 Å². The molecule has 0 aromatic carbocycles. The lowest BCUT2D eigenvalue weighted by atomic mass is 10.2. The van der Waals surface area contributed by atoms with Crippen molar-refractivity contribution in [3.8, 4) is 0 Å². The van der Waals surface area contributed by atoms with Gasteiger partial charge in [0.05, 0.1) is 5.39 Å². The largest absolute Gasteiger partial charge is 0.480 e. The molecule has 3 rings (SSSR count). The van der Waals surface area contributed by atoms with E-state index in [1.165, 1.54) is 11.2 Å². The van der Waals surface area contributed by atoms with E-state index in [-0.39, 0.29) is 0 Å². The van der Waals surface area contributed by atoms with Crippen molar-refractivity contribution >= 4 is 33.3 Å². The third-order valence-electron chi connectivity index (χ3n) is 3.52. The normalized spacial score (nSPS) is 19.2. The minimum atomic E-state index is -0.768. The molecule has 1 saturated heterocycles. The zero-order chi connectivity index (χ0) is 13.4. The number of aryl methyl sites for hydroxylation is 1. The van der Waals surface area contributed by atoms with Crippen molar-refractivity contribution < 1.29 is 9.90 Å². The molecule has 1 atom stereocenters. The molecular formula is C13H15N3O2S. The Bertz CT molecular complexity index is 625. The lowest BCUT2D eigenvalue weighted by Crippen LogP contribution is -2.36. The van der Waals surface area contributed by atoms with Gasteiger partial charge in [-0.1, -0.05) is 6.92 Å². The van der Waals surface area contributed by atoms with Gasteiger partial charge in [-0.05, 0) is 25.3 Å². The summed E-state index contributed by atoms with van der Waals surface area (Å²) in [6.07, 6.45) is 4.08. The molecule has 19 heavy (non-hydrogen) atoms. The molecular weight excluding hydrogens is 262 g/mol. The van der Waals surface area contributed by atoms with Crippen LogP contribution >= 0.6 is 11.3 Å². The molecule has 6 heteroatoms. The van der Waals surface area contributed by atoms with Crippen LogP contribution in [0.2, 0.25) is 0 Å². The summed E-state index contributed by atoms with van der Waals surface area (Å²) in [5, 5.41) is 10.3. The molecule has 1 aliphatic heterocycles. The summed E-state index contributed by atoms with van der Waals surface area (Å²) >= 11 is 1.65. The van der Waals surface area contributed by atoms with Gasteiger partial charge in [-0.15, -0.1) is 11.3 Å². The molecule has 100 valence electrons. The molecule has 1 unspecified atom stereocenters. The monoisotopic (exact) mass is 277 g/mol. The van der Waals surface area contributed by atoms with Crippen molar-refractivity contribution in [2.75, 3.05) is 11.4 Å². The third-order valence-corrected chi connectivity index (χ3v) is 4.71. The predicted octanol–water partition coefficient (Wildman–Crippen LogP) is 2.31. The lowest BCUT2D eigenvalue weighted by molar-refractivity contribution is -0.138. The number of aliphatic carboxylic acids is 1. The van der Waals surface area contributed by atoms with E-state index >= 15 is 0 Å². The van der Waals surface area contributed by atoms with E-state index in [0.29, 0.717) is 6.42 Å². The van der Waals surface area contributed by atoms with E-state index in [4.69, 9.17) is 0 Å². The highest BCUT2D eigenvalue weighted by Crippen LogP contribution is 2.33. The molecule has 0 amide bonds. The van der Waals surface area contributed by atoms with Gasteiger partial charge >= 0.3 is 5.97 Å². The Labute approximate surface area is 114 Å². The van der Waals surface area contributed by atoms with Gasteiger partial charge in [-0.25, -0.2) is 14.8 Å². The second-order valence-electron chi connectivity index (χ2n) is 4.67. The van der Waals surface area contributed by atoms with E-state index in [2.05, 4.69) is 23.0 Å². The Balaban J connectivity index is 2.09. The highest BCUT2D eigenvalue weighted by atomic mass is 32.1. The number of thiophene rings is 1. The summed E-state index contributed by atoms with van der Waals surface area (Å²) in [4.78, 5) is 24.0. The number of carboxylic acid groups (broad SMARTS) is 1. The minimum absolute atomic E-state index is 0.455. The molecule has 1 fully saturated rings. The Morgan fingerprint density at radius 1 is 1.58 bits per heavy atom. The highest BCUT2D eigenvalue weighted by molar-refractivity contribution is 7.18. The molecule has 0 aliphatic carbocycles. The van der Waals surface area contributed by atoms with Crippen molar-refractivity contribution in [2.45, 2.75) is 32.2 Å². The zero-order valence-corrected chi connectivity index (χ0v) is 11.5. The highest BCUT2D eigenvalue weighted by Gasteiger charge is 2.32. The SMILES string of the molecule is CCc1cc2c(N3CCCC3C(=O)O)ncnc2s1. The standard InChI is InChI=1S/C13H15N3O2S/c1-2-8-6-9-11(14-7-15-12(9)19-8)16-5-3-4-10(16)13(17)18/h6-7,10H,2-5H2,1H3,(H,17,18). The maximum Gasteiger partial charge on any atom is 0.326 e. The summed E-state index contributed by atoms with van der Waals surface area (Å²) in [6.45, 7) is 2.86. The maximum atomic E-state index is 11.3. The van der Waals surface area contributed by atoms with Crippen molar-refractivity contribution in [1.82, 2.24) is 9.97 Å². The van der Waals surface area contributed by atoms with Gasteiger partial charge in [0.15, 0.2) is 0 Å². The average molecular weight is 277 g/mol. The Hall–Kier alpha value is -1.69. The first kappa shape index (κ1) is 12.3. The Kier molecular flexibility index (Phi) is 3.10. The van der Waals surface area contributed by atoms with Crippen molar-refractivity contribution in [2.24, 2.45) is 0 Å². The Morgan fingerprint density at radius 3 is 3.16 bits per heavy atom. The first-order chi connectivity index (χ1) is 9.20. The van der Waals surface area contributed by atoms with Gasteiger partial charge in [0.1, 0.15) is 23.0 Å². The molecule has 2 aromatic rings. The van der Waals surface area contributed by atoms with Crippen molar-refractivity contribution in [3.63, 3.8) is 0 Å². The zero-order valence-electron chi connectivity index (χ0n) is 10.7. The second kappa shape index (κ2) is 4.77. The third kappa shape index (κ3) is 2.06. The van der Waals surface area contributed by atoms with E-state index in [1.54, 1.807) is 11.3 Å². The van der Waals surface area contributed by atoms with Crippen LogP contribution in [0.3, 0.4) is 0 Å². The number of carboxylic acids is 1. The topological polar surface area (TPSA) is 66.3 Å². The minimum Gasteiger partial charge on any atom is -0.480 e. The number of hydrogen-bond acceptors (Lipinski definition) is 5. The first-order valence-corrected chi connectivity index (χ1v) is 7.25. The van der Waals surface area contributed by atoms with Crippen LogP contribution < -0.4 is 4.90 Å². The number of carbonyl (C=O) groups is 1. The number of aromatic nitrogens is 2. The molecule has 0 spiro atoms. The van der Waals surface area contributed by atoms with Crippen LogP contribution in [0.25, 0.3) is 10.2 Å². The summed E-state index contributed by atoms with van der Waals surface area (Å²) in [5.41, 5.74) is 0. The number of anilines is 1. The van der Waals surface area contributed by atoms with Crippen LogP contribution in [0.1, 0.15) is 24.6 Å². The molecule has 0 bridgehead atoms. The molecule has 2 aromatic heterocycles. The van der Waals surface area contributed by atoms with Gasteiger partial charge in [-0.3, -0.25) is 0 Å². The summed E-state index contributed by atoms with van der Waals surface area (Å²) in [7, 11) is 0. The summed E-state index contributed by atoms with van der Waals surface area (Å²) < 4.78 is 0. The fraction of sp³-hybridized carbons (Fsp3) is 0.462. The van der Waals surface area contributed by atoms with E-state index in [9.17, 15) is 9.90 Å². The number of fused-ring (bicyclic) bond motifs is 1. The molecule has 0 radical (unpaired) electrons. The molecule has 5 nitrogen and oxygen atoms in total. The molecule has 1 N–H and O–H groups in total. The summed E-state index contributed by atoms with van der Waals surface area (Å²) in [6, 6.07) is 1.63. The quantitative estimate of drug-likeness (QED) is 0.932. The number of nitrogens with zero attached hydrogens (tertiary/aromatic N) is 3. The van der Waals surface area contributed by atoms with Crippen LogP contribution in [0, 0.1) is 0 Å². The van der Waals surface area contributed by atoms with E-state index in [1.807, 2.05) is 4.90 Å². The molecule has 3 heterocycles. The van der Waals surface area contributed by atoms with Gasteiger partial charge in [0.2, 0.25) is 0 Å². The number of rotatable bonds is 3. The van der Waals surface area contributed by atoms with Gasteiger partial charge in [-0.2, -0.15) is 0 Å². The van der Waals surface area contributed by atoms with Crippen molar-refractivity contribution in [3.05, 3.63) is 17.3 Å². The predicted molar refractivity (Wildman–Crippen MR) is 74.8 cm³/mol. The maximum absolute atomic E-state index is 11.3. The van der Waals surface area contributed by atoms with Crippen LogP contribution in [0.4, 0.5) is 5.82 Å². The van der Waals surface area contributed by atoms with Gasteiger partial charge in [0.25, 0.3) is 0 Å². The number of hydrogen-bond donors (Lipinski definition) is 1.